The lowest BCUT2D eigenvalue weighted by molar-refractivity contribution is -0.116. The maximum absolute atomic E-state index is 12.6. The third-order valence-corrected chi connectivity index (χ3v) is 5.40. The number of hydrogen-bond donors (Lipinski definition) is 1. The van der Waals surface area contributed by atoms with Crippen LogP contribution in [0.4, 0.5) is 5.69 Å². The number of nitrogens with zero attached hydrogens (tertiary/aromatic N) is 2. The number of thioether (sulfide) groups is 1. The quantitative estimate of drug-likeness (QED) is 0.854. The molecule has 0 spiro atoms. The molecule has 5 nitrogen and oxygen atoms in total. The Bertz CT molecular complexity index is 868. The standard InChI is InChI=1S/C19H23N3O2S/c1-12-7-5-6-8-14(12)20-16(23)9-13-11-25-18-21-15(19(2,3)4)10-17(24)22(13)18/h5-8,10,13H,9,11H2,1-4H3,(H,20,23). The van der Waals surface area contributed by atoms with Crippen molar-refractivity contribution in [3.63, 3.8) is 0 Å². The number of hydrogen-bond acceptors (Lipinski definition) is 4. The molecule has 1 amide bonds. The van der Waals surface area contributed by atoms with Gasteiger partial charge in [-0.3, -0.25) is 14.2 Å². The van der Waals surface area contributed by atoms with Crippen LogP contribution in [0.5, 0.6) is 0 Å². The van der Waals surface area contributed by atoms with Crippen molar-refractivity contribution >= 4 is 23.4 Å². The van der Waals surface area contributed by atoms with Crippen molar-refractivity contribution < 1.29 is 4.79 Å². The SMILES string of the molecule is Cc1ccccc1NC(=O)CC1CSc2nc(C(C)(C)C)cc(=O)n21. The Morgan fingerprint density at radius 1 is 1.36 bits per heavy atom. The van der Waals surface area contributed by atoms with Crippen LogP contribution in [-0.2, 0) is 10.2 Å². The van der Waals surface area contributed by atoms with Crippen molar-refractivity contribution in [3.05, 3.63) is 51.9 Å². The normalized spacial score (nSPS) is 16.6. The average Bonchev–Trinajstić information content (AvgIpc) is 2.92. The van der Waals surface area contributed by atoms with E-state index in [1.165, 1.54) is 0 Å². The third-order valence-electron chi connectivity index (χ3n) is 4.30. The molecular weight excluding hydrogens is 334 g/mol. The Morgan fingerprint density at radius 3 is 2.76 bits per heavy atom. The van der Waals surface area contributed by atoms with E-state index >= 15 is 0 Å². The highest BCUT2D eigenvalue weighted by molar-refractivity contribution is 7.99. The topological polar surface area (TPSA) is 64.0 Å². The number of carbonyl (C=O) groups is 1. The minimum absolute atomic E-state index is 0.0754. The summed E-state index contributed by atoms with van der Waals surface area (Å²) in [5, 5.41) is 3.65. The first kappa shape index (κ1) is 17.7. The molecule has 0 bridgehead atoms. The van der Waals surface area contributed by atoms with Crippen molar-refractivity contribution in [2.75, 3.05) is 11.1 Å². The molecule has 1 atom stereocenters. The number of rotatable bonds is 3. The van der Waals surface area contributed by atoms with E-state index in [2.05, 4.69) is 10.3 Å². The minimum atomic E-state index is -0.171. The van der Waals surface area contributed by atoms with Gasteiger partial charge in [0.2, 0.25) is 5.91 Å². The summed E-state index contributed by atoms with van der Waals surface area (Å²) in [7, 11) is 0. The van der Waals surface area contributed by atoms with Gasteiger partial charge in [0.15, 0.2) is 5.16 Å². The fourth-order valence-corrected chi connectivity index (χ4v) is 3.97. The van der Waals surface area contributed by atoms with Gasteiger partial charge in [-0.1, -0.05) is 50.7 Å². The molecule has 0 fully saturated rings. The number of amides is 1. The molecule has 1 aromatic heterocycles. The number of anilines is 1. The summed E-state index contributed by atoms with van der Waals surface area (Å²) in [5.74, 6) is 0.608. The van der Waals surface area contributed by atoms with Gasteiger partial charge in [-0.05, 0) is 18.6 Å². The zero-order valence-corrected chi connectivity index (χ0v) is 15.8. The summed E-state index contributed by atoms with van der Waals surface area (Å²) in [6.07, 6.45) is 0.269. The van der Waals surface area contributed by atoms with Crippen LogP contribution < -0.4 is 10.9 Å². The van der Waals surface area contributed by atoms with Crippen LogP contribution in [0.25, 0.3) is 0 Å². The maximum Gasteiger partial charge on any atom is 0.254 e. The fourth-order valence-electron chi connectivity index (χ4n) is 2.82. The summed E-state index contributed by atoms with van der Waals surface area (Å²) in [6.45, 7) is 8.08. The molecule has 1 aromatic carbocycles. The first-order valence-electron chi connectivity index (χ1n) is 8.38. The van der Waals surface area contributed by atoms with E-state index in [4.69, 9.17) is 0 Å². The highest BCUT2D eigenvalue weighted by Gasteiger charge is 2.29. The van der Waals surface area contributed by atoms with E-state index < -0.39 is 0 Å². The lowest BCUT2D eigenvalue weighted by Crippen LogP contribution is -2.29. The van der Waals surface area contributed by atoms with Crippen LogP contribution in [0.15, 0.2) is 40.3 Å². The molecule has 1 unspecified atom stereocenters. The molecule has 0 saturated heterocycles. The molecule has 0 aliphatic carbocycles. The Labute approximate surface area is 151 Å². The molecule has 0 saturated carbocycles. The lowest BCUT2D eigenvalue weighted by Gasteiger charge is -2.19. The molecule has 1 aliphatic rings. The number of aryl methyl sites for hydroxylation is 1. The summed E-state index contributed by atoms with van der Waals surface area (Å²) in [4.78, 5) is 29.6. The van der Waals surface area contributed by atoms with E-state index in [1.54, 1.807) is 22.4 Å². The van der Waals surface area contributed by atoms with Gasteiger partial charge in [0.25, 0.3) is 5.56 Å². The van der Waals surface area contributed by atoms with Gasteiger partial charge in [0, 0.05) is 29.3 Å². The van der Waals surface area contributed by atoms with Gasteiger partial charge in [-0.2, -0.15) is 0 Å². The van der Waals surface area contributed by atoms with Crippen LogP contribution in [0.2, 0.25) is 0 Å². The van der Waals surface area contributed by atoms with Crippen molar-refractivity contribution in [1.82, 2.24) is 9.55 Å². The Kier molecular flexibility index (Phi) is 4.73. The highest BCUT2D eigenvalue weighted by atomic mass is 32.2. The van der Waals surface area contributed by atoms with Gasteiger partial charge < -0.3 is 5.32 Å². The Morgan fingerprint density at radius 2 is 2.08 bits per heavy atom. The number of fused-ring (bicyclic) bond motifs is 1. The predicted octanol–water partition coefficient (Wildman–Crippen LogP) is 3.52. The van der Waals surface area contributed by atoms with Crippen molar-refractivity contribution in [2.45, 2.75) is 50.7 Å². The molecule has 2 aromatic rings. The molecule has 6 heteroatoms. The van der Waals surface area contributed by atoms with Gasteiger partial charge in [0.05, 0.1) is 11.7 Å². The molecule has 3 rings (SSSR count). The number of nitrogens with one attached hydrogen (secondary N) is 1. The van der Waals surface area contributed by atoms with Crippen molar-refractivity contribution in [3.8, 4) is 0 Å². The monoisotopic (exact) mass is 357 g/mol. The van der Waals surface area contributed by atoms with Crippen molar-refractivity contribution in [1.29, 1.82) is 0 Å². The second-order valence-corrected chi connectivity index (χ2v) is 8.40. The fraction of sp³-hybridized carbons (Fsp3) is 0.421. The summed E-state index contributed by atoms with van der Waals surface area (Å²) < 4.78 is 1.66. The van der Waals surface area contributed by atoms with Gasteiger partial charge in [0.1, 0.15) is 0 Å². The average molecular weight is 357 g/mol. The molecule has 25 heavy (non-hydrogen) atoms. The lowest BCUT2D eigenvalue weighted by atomic mass is 9.92. The van der Waals surface area contributed by atoms with Gasteiger partial charge in [-0.15, -0.1) is 0 Å². The summed E-state index contributed by atoms with van der Waals surface area (Å²) in [6, 6.07) is 9.12. The largest absolute Gasteiger partial charge is 0.326 e. The van der Waals surface area contributed by atoms with Crippen LogP contribution >= 0.6 is 11.8 Å². The molecule has 1 N–H and O–H groups in total. The van der Waals surface area contributed by atoms with E-state index in [0.29, 0.717) is 10.9 Å². The zero-order chi connectivity index (χ0) is 18.2. The molecular formula is C19H23N3O2S. The maximum atomic E-state index is 12.6. The summed E-state index contributed by atoms with van der Waals surface area (Å²) >= 11 is 1.54. The number of aromatic nitrogens is 2. The third kappa shape index (κ3) is 3.79. The molecule has 2 heterocycles. The second kappa shape index (κ2) is 6.67. The highest BCUT2D eigenvalue weighted by Crippen LogP contribution is 2.33. The zero-order valence-electron chi connectivity index (χ0n) is 15.0. The Hall–Kier alpha value is -2.08. The van der Waals surface area contributed by atoms with Crippen molar-refractivity contribution in [2.24, 2.45) is 0 Å². The van der Waals surface area contributed by atoms with E-state index in [0.717, 1.165) is 16.9 Å². The number of carbonyl (C=O) groups excluding carboxylic acids is 1. The van der Waals surface area contributed by atoms with Gasteiger partial charge >= 0.3 is 0 Å². The number of para-hydroxylation sites is 1. The number of benzene rings is 1. The van der Waals surface area contributed by atoms with E-state index in [-0.39, 0.29) is 29.3 Å². The van der Waals surface area contributed by atoms with Gasteiger partial charge in [-0.25, -0.2) is 4.98 Å². The van der Waals surface area contributed by atoms with Crippen LogP contribution in [0.1, 0.15) is 44.5 Å². The first-order chi connectivity index (χ1) is 11.8. The van der Waals surface area contributed by atoms with Crippen LogP contribution in [-0.4, -0.2) is 21.2 Å². The minimum Gasteiger partial charge on any atom is -0.326 e. The molecule has 0 radical (unpaired) electrons. The smallest absolute Gasteiger partial charge is 0.254 e. The first-order valence-corrected chi connectivity index (χ1v) is 9.36. The molecule has 132 valence electrons. The van der Waals surface area contributed by atoms with Crippen LogP contribution in [0, 0.1) is 6.92 Å². The second-order valence-electron chi connectivity index (χ2n) is 7.41. The predicted molar refractivity (Wildman–Crippen MR) is 101 cm³/mol. The molecule has 1 aliphatic heterocycles. The Balaban J connectivity index is 1.78. The van der Waals surface area contributed by atoms with Crippen LogP contribution in [0.3, 0.4) is 0 Å². The van der Waals surface area contributed by atoms with E-state index in [1.807, 2.05) is 52.0 Å². The summed E-state index contributed by atoms with van der Waals surface area (Å²) in [5.41, 5.74) is 2.38. The van der Waals surface area contributed by atoms with E-state index in [9.17, 15) is 9.59 Å².